The molecule has 3 aromatic rings. The number of nitrogens with one attached hydrogen (secondary N) is 1. The van der Waals surface area contributed by atoms with E-state index in [2.05, 4.69) is 31.2 Å². The number of hydrazone groups is 1. The monoisotopic (exact) mass is 611 g/mol. The van der Waals surface area contributed by atoms with Crippen molar-refractivity contribution in [1.82, 2.24) is 9.73 Å². The number of amides is 1. The van der Waals surface area contributed by atoms with Crippen molar-refractivity contribution in [3.63, 3.8) is 0 Å². The van der Waals surface area contributed by atoms with E-state index in [9.17, 15) is 18.0 Å². The van der Waals surface area contributed by atoms with Gasteiger partial charge in [-0.1, -0.05) is 57.3 Å². The first kappa shape index (κ1) is 27.8. The predicted molar refractivity (Wildman–Crippen MR) is 142 cm³/mol. The number of carbonyl (C=O) groups excluding carboxylic acids is 2. The van der Waals surface area contributed by atoms with Crippen LogP contribution in [0, 0.1) is 0 Å². The molecule has 12 heteroatoms. The summed E-state index contributed by atoms with van der Waals surface area (Å²) in [4.78, 5) is 24.2. The van der Waals surface area contributed by atoms with E-state index in [4.69, 9.17) is 23.2 Å². The molecule has 0 unspecified atom stereocenters. The van der Waals surface area contributed by atoms with Crippen LogP contribution in [0.4, 0.5) is 0 Å². The van der Waals surface area contributed by atoms with Gasteiger partial charge in [0.15, 0.2) is 0 Å². The molecule has 0 aliphatic rings. The van der Waals surface area contributed by atoms with Crippen LogP contribution in [0.2, 0.25) is 10.0 Å². The highest BCUT2D eigenvalue weighted by atomic mass is 79.9. The van der Waals surface area contributed by atoms with Crippen LogP contribution in [0.3, 0.4) is 0 Å². The normalized spacial score (nSPS) is 11.6. The Kier molecular flexibility index (Phi) is 9.63. The maximum atomic E-state index is 13.4. The lowest BCUT2D eigenvalue weighted by molar-refractivity contribution is -0.121. The number of nitrogens with zero attached hydrogens (tertiary/aromatic N) is 2. The molecule has 188 valence electrons. The van der Waals surface area contributed by atoms with Gasteiger partial charge in [-0.3, -0.25) is 4.79 Å². The average Bonchev–Trinajstić information content (AvgIpc) is 2.85. The first-order valence-corrected chi connectivity index (χ1v) is 13.3. The lowest BCUT2D eigenvalue weighted by atomic mass is 10.1. The van der Waals surface area contributed by atoms with Crippen molar-refractivity contribution < 1.29 is 22.7 Å². The third kappa shape index (κ3) is 7.37. The van der Waals surface area contributed by atoms with E-state index < -0.39 is 28.4 Å². The van der Waals surface area contributed by atoms with E-state index in [-0.39, 0.29) is 16.5 Å². The molecule has 0 fully saturated rings. The van der Waals surface area contributed by atoms with E-state index >= 15 is 0 Å². The molecule has 0 aliphatic carbocycles. The molecule has 0 radical (unpaired) electrons. The number of hydrogen-bond donors (Lipinski definition) is 1. The number of carbonyl (C=O) groups is 2. The van der Waals surface area contributed by atoms with E-state index in [0.29, 0.717) is 26.2 Å². The zero-order valence-electron chi connectivity index (χ0n) is 18.8. The number of hydrogen-bond acceptors (Lipinski definition) is 6. The van der Waals surface area contributed by atoms with E-state index in [1.807, 2.05) is 0 Å². The minimum Gasteiger partial charge on any atom is -0.465 e. The molecule has 0 saturated heterocycles. The molecule has 0 atom stereocenters. The largest absolute Gasteiger partial charge is 0.465 e. The number of benzene rings is 3. The molecule has 0 aromatic heterocycles. The number of ether oxygens (including phenoxy) is 1. The molecule has 0 saturated carbocycles. The Labute approximate surface area is 227 Å². The van der Waals surface area contributed by atoms with Crippen LogP contribution in [0.15, 0.2) is 81.2 Å². The van der Waals surface area contributed by atoms with Crippen molar-refractivity contribution in [3.8, 4) is 0 Å². The molecule has 0 heterocycles. The fourth-order valence-corrected chi connectivity index (χ4v) is 5.13. The number of sulfonamides is 1. The van der Waals surface area contributed by atoms with Crippen LogP contribution in [-0.4, -0.2) is 44.5 Å². The summed E-state index contributed by atoms with van der Waals surface area (Å²) in [6.45, 7) is -0.684. The molecule has 0 spiro atoms. The van der Waals surface area contributed by atoms with Crippen LogP contribution >= 0.6 is 39.1 Å². The smallest absolute Gasteiger partial charge is 0.337 e. The fourth-order valence-electron chi connectivity index (χ4n) is 3.02. The highest BCUT2D eigenvalue weighted by molar-refractivity contribution is 9.10. The highest BCUT2D eigenvalue weighted by Gasteiger charge is 2.27. The quantitative estimate of drug-likeness (QED) is 0.211. The Morgan fingerprint density at radius 3 is 2.33 bits per heavy atom. The Balaban J connectivity index is 1.77. The van der Waals surface area contributed by atoms with Crippen LogP contribution in [0.5, 0.6) is 0 Å². The summed E-state index contributed by atoms with van der Waals surface area (Å²) in [7, 11) is -2.78. The second-order valence-electron chi connectivity index (χ2n) is 7.37. The van der Waals surface area contributed by atoms with E-state index in [1.165, 1.54) is 31.5 Å². The summed E-state index contributed by atoms with van der Waals surface area (Å²) in [6.07, 6.45) is 1.36. The summed E-state index contributed by atoms with van der Waals surface area (Å²) < 4.78 is 33.1. The van der Waals surface area contributed by atoms with E-state index in [1.54, 1.807) is 48.5 Å². The summed E-state index contributed by atoms with van der Waals surface area (Å²) in [5, 5.41) is 4.55. The van der Waals surface area contributed by atoms with Gasteiger partial charge in [0.25, 0.3) is 5.91 Å². The Bertz CT molecular complexity index is 1380. The van der Waals surface area contributed by atoms with Gasteiger partial charge in [-0.05, 0) is 59.7 Å². The molecule has 3 rings (SSSR count). The maximum absolute atomic E-state index is 13.4. The van der Waals surface area contributed by atoms with Crippen molar-refractivity contribution >= 4 is 67.2 Å². The lowest BCUT2D eigenvalue weighted by Crippen LogP contribution is -2.39. The molecule has 3 aromatic carbocycles. The van der Waals surface area contributed by atoms with E-state index in [0.717, 1.165) is 4.31 Å². The van der Waals surface area contributed by atoms with Gasteiger partial charge in [-0.15, -0.1) is 0 Å². The number of halogens is 3. The van der Waals surface area contributed by atoms with Gasteiger partial charge in [-0.2, -0.15) is 9.41 Å². The second kappa shape index (κ2) is 12.5. The van der Waals surface area contributed by atoms with Crippen LogP contribution in [-0.2, 0) is 26.1 Å². The van der Waals surface area contributed by atoms with Crippen LogP contribution in [0.1, 0.15) is 21.5 Å². The number of esters is 1. The average molecular weight is 613 g/mol. The third-order valence-corrected chi connectivity index (χ3v) is 7.79. The van der Waals surface area contributed by atoms with Crippen molar-refractivity contribution in [2.24, 2.45) is 5.10 Å². The van der Waals surface area contributed by atoms with Gasteiger partial charge in [0.05, 0.1) is 30.3 Å². The minimum absolute atomic E-state index is 0.0118. The maximum Gasteiger partial charge on any atom is 0.337 e. The van der Waals surface area contributed by atoms with Crippen LogP contribution < -0.4 is 5.43 Å². The first-order valence-electron chi connectivity index (χ1n) is 10.3. The zero-order chi connectivity index (χ0) is 26.3. The zero-order valence-corrected chi connectivity index (χ0v) is 22.7. The second-order valence-corrected chi connectivity index (χ2v) is 11.1. The van der Waals surface area contributed by atoms with Crippen molar-refractivity contribution in [1.29, 1.82) is 0 Å². The number of methoxy groups -OCH3 is 1. The highest BCUT2D eigenvalue weighted by Crippen LogP contribution is 2.25. The summed E-state index contributed by atoms with van der Waals surface area (Å²) in [5.41, 5.74) is 3.77. The molecule has 0 aliphatic heterocycles. The summed E-state index contributed by atoms with van der Waals surface area (Å²) >= 11 is 15.5. The molecule has 36 heavy (non-hydrogen) atoms. The van der Waals surface area contributed by atoms with Crippen molar-refractivity contribution in [2.75, 3.05) is 13.7 Å². The van der Waals surface area contributed by atoms with Gasteiger partial charge in [0, 0.05) is 21.1 Å². The lowest BCUT2D eigenvalue weighted by Gasteiger charge is -2.22. The summed E-state index contributed by atoms with van der Waals surface area (Å²) in [5.74, 6) is -1.14. The van der Waals surface area contributed by atoms with Gasteiger partial charge in [0.2, 0.25) is 10.0 Å². The minimum atomic E-state index is -4.07. The van der Waals surface area contributed by atoms with Gasteiger partial charge < -0.3 is 4.74 Å². The topological polar surface area (TPSA) is 105 Å². The van der Waals surface area contributed by atoms with Gasteiger partial charge >= 0.3 is 5.97 Å². The molecular weight excluding hydrogens is 593 g/mol. The molecule has 8 nitrogen and oxygen atoms in total. The molecule has 1 N–H and O–H groups in total. The number of rotatable bonds is 9. The standard InChI is InChI=1S/C24H20BrCl2N3O5S/c1-35-24(32)17-4-2-16(3-5-17)13-28-29-23(31)15-30(14-18-6-9-20(26)12-22(18)27)36(33,34)21-10-7-19(25)8-11-21/h2-13H,14-15H2,1H3,(H,29,31)/b28-13+. The molecule has 1 amide bonds. The molecular formula is C24H20BrCl2N3O5S. The Morgan fingerprint density at radius 2 is 1.72 bits per heavy atom. The Hall–Kier alpha value is -2.76. The van der Waals surface area contributed by atoms with Crippen LogP contribution in [0.25, 0.3) is 0 Å². The van der Waals surface area contributed by atoms with Gasteiger partial charge in [-0.25, -0.2) is 18.6 Å². The van der Waals surface area contributed by atoms with Gasteiger partial charge in [0.1, 0.15) is 0 Å². The molecule has 0 bridgehead atoms. The van der Waals surface area contributed by atoms with Crippen molar-refractivity contribution in [2.45, 2.75) is 11.4 Å². The predicted octanol–water partition coefficient (Wildman–Crippen LogP) is 4.88. The Morgan fingerprint density at radius 1 is 1.06 bits per heavy atom. The summed E-state index contributed by atoms with van der Waals surface area (Å²) in [6, 6.07) is 17.1. The van der Waals surface area contributed by atoms with Crippen molar-refractivity contribution in [3.05, 3.63) is 97.9 Å². The SMILES string of the molecule is COC(=O)c1ccc(/C=N/NC(=O)CN(Cc2ccc(Cl)cc2Cl)S(=O)(=O)c2ccc(Br)cc2)cc1. The first-order chi connectivity index (χ1) is 17.1. The third-order valence-electron chi connectivity index (χ3n) is 4.87. The fraction of sp³-hybridized carbons (Fsp3) is 0.125.